The number of likely N-dealkylation sites (N-methyl/N-ethyl adjacent to an activating group) is 1. The number of hydrogen-bond donors (Lipinski definition) is 2. The number of aromatic amines is 1. The predicted molar refractivity (Wildman–Crippen MR) is 73.4 cm³/mol. The van der Waals surface area contributed by atoms with Crippen molar-refractivity contribution in [3.05, 3.63) is 30.0 Å². The van der Waals surface area contributed by atoms with Gasteiger partial charge in [0.1, 0.15) is 0 Å². The number of benzene rings is 1. The minimum Gasteiger partial charge on any atom is -0.324 e. The molecule has 18 heavy (non-hydrogen) atoms. The quantitative estimate of drug-likeness (QED) is 0.857. The Kier molecular flexibility index (Phi) is 2.64. The Bertz CT molecular complexity index is 554. The molecule has 0 radical (unpaired) electrons. The second-order valence-corrected chi connectivity index (χ2v) is 5.71. The van der Waals surface area contributed by atoms with Crippen LogP contribution in [-0.2, 0) is 6.42 Å². The van der Waals surface area contributed by atoms with Gasteiger partial charge in [-0.05, 0) is 51.1 Å². The van der Waals surface area contributed by atoms with Crippen molar-refractivity contribution in [2.24, 2.45) is 5.73 Å². The number of H-pyrrole nitrogens is 1. The van der Waals surface area contributed by atoms with Crippen LogP contribution < -0.4 is 5.73 Å². The monoisotopic (exact) mass is 244 g/mol. The van der Waals surface area contributed by atoms with Crippen molar-refractivity contribution in [2.45, 2.75) is 30.8 Å². The largest absolute Gasteiger partial charge is 0.324 e. The average molecular weight is 244 g/mol. The SMILES string of the molecule is CN(C)C(Cc1ccc2[nH]ncc2c1)C1(N)CC1. The third kappa shape index (κ3) is 2.02. The second-order valence-electron chi connectivity index (χ2n) is 5.71. The Balaban J connectivity index is 1.85. The Morgan fingerprint density at radius 2 is 2.22 bits per heavy atom. The van der Waals surface area contributed by atoms with Gasteiger partial charge in [0.15, 0.2) is 0 Å². The third-order valence-corrected chi connectivity index (χ3v) is 4.05. The lowest BCUT2D eigenvalue weighted by atomic mass is 9.96. The van der Waals surface area contributed by atoms with E-state index >= 15 is 0 Å². The van der Waals surface area contributed by atoms with Crippen LogP contribution in [0.4, 0.5) is 0 Å². The Labute approximate surface area is 107 Å². The topological polar surface area (TPSA) is 57.9 Å². The first kappa shape index (κ1) is 11.7. The van der Waals surface area contributed by atoms with Crippen molar-refractivity contribution in [3.8, 4) is 0 Å². The number of hydrogen-bond acceptors (Lipinski definition) is 3. The minimum atomic E-state index is 0.0227. The number of rotatable bonds is 4. The molecule has 96 valence electrons. The number of nitrogens with one attached hydrogen (secondary N) is 1. The van der Waals surface area contributed by atoms with E-state index in [9.17, 15) is 0 Å². The van der Waals surface area contributed by atoms with Gasteiger partial charge in [-0.3, -0.25) is 5.10 Å². The van der Waals surface area contributed by atoms with Crippen LogP contribution in [0.25, 0.3) is 10.9 Å². The summed E-state index contributed by atoms with van der Waals surface area (Å²) in [6.07, 6.45) is 5.16. The van der Waals surface area contributed by atoms with Crippen LogP contribution in [0.15, 0.2) is 24.4 Å². The molecule has 3 N–H and O–H groups in total. The van der Waals surface area contributed by atoms with Crippen LogP contribution >= 0.6 is 0 Å². The fraction of sp³-hybridized carbons (Fsp3) is 0.500. The molecular weight excluding hydrogens is 224 g/mol. The van der Waals surface area contributed by atoms with Crippen molar-refractivity contribution in [1.29, 1.82) is 0 Å². The van der Waals surface area contributed by atoms with E-state index in [0.717, 1.165) is 24.8 Å². The first-order valence-electron chi connectivity index (χ1n) is 6.46. The zero-order chi connectivity index (χ0) is 12.8. The summed E-state index contributed by atoms with van der Waals surface area (Å²) in [7, 11) is 4.24. The van der Waals surface area contributed by atoms with Crippen molar-refractivity contribution in [1.82, 2.24) is 15.1 Å². The first-order chi connectivity index (χ1) is 8.58. The molecule has 0 amide bonds. The van der Waals surface area contributed by atoms with Gasteiger partial charge in [-0.1, -0.05) is 6.07 Å². The molecule has 3 rings (SSSR count). The average Bonchev–Trinajstić information content (AvgIpc) is 2.91. The fourth-order valence-electron chi connectivity index (χ4n) is 2.72. The molecule has 1 atom stereocenters. The molecule has 0 saturated heterocycles. The van der Waals surface area contributed by atoms with Gasteiger partial charge in [-0.25, -0.2) is 0 Å². The van der Waals surface area contributed by atoms with Crippen LogP contribution in [-0.4, -0.2) is 40.8 Å². The molecule has 1 fully saturated rings. The molecule has 1 heterocycles. The van der Waals surface area contributed by atoms with Gasteiger partial charge in [-0.15, -0.1) is 0 Å². The van der Waals surface area contributed by atoms with Crippen LogP contribution in [0.1, 0.15) is 18.4 Å². The summed E-state index contributed by atoms with van der Waals surface area (Å²) in [5, 5.41) is 8.21. The molecule has 2 aromatic rings. The fourth-order valence-corrected chi connectivity index (χ4v) is 2.72. The molecule has 4 nitrogen and oxygen atoms in total. The van der Waals surface area contributed by atoms with E-state index in [1.54, 1.807) is 0 Å². The zero-order valence-corrected chi connectivity index (χ0v) is 11.0. The molecule has 1 saturated carbocycles. The summed E-state index contributed by atoms with van der Waals surface area (Å²) in [5.41, 5.74) is 8.82. The summed E-state index contributed by atoms with van der Waals surface area (Å²) in [6.45, 7) is 0. The van der Waals surface area contributed by atoms with Crippen molar-refractivity contribution in [2.75, 3.05) is 14.1 Å². The lowest BCUT2D eigenvalue weighted by Gasteiger charge is -2.30. The minimum absolute atomic E-state index is 0.0227. The van der Waals surface area contributed by atoms with E-state index in [1.807, 2.05) is 6.20 Å². The summed E-state index contributed by atoms with van der Waals surface area (Å²) >= 11 is 0. The molecule has 1 aromatic carbocycles. The summed E-state index contributed by atoms with van der Waals surface area (Å²) < 4.78 is 0. The van der Waals surface area contributed by atoms with Crippen LogP contribution in [0.3, 0.4) is 0 Å². The number of aromatic nitrogens is 2. The first-order valence-corrected chi connectivity index (χ1v) is 6.46. The van der Waals surface area contributed by atoms with E-state index in [-0.39, 0.29) is 5.54 Å². The van der Waals surface area contributed by atoms with Crippen molar-refractivity contribution < 1.29 is 0 Å². The van der Waals surface area contributed by atoms with E-state index < -0.39 is 0 Å². The van der Waals surface area contributed by atoms with E-state index in [4.69, 9.17) is 5.73 Å². The van der Waals surface area contributed by atoms with Crippen LogP contribution in [0.5, 0.6) is 0 Å². The number of nitrogens with two attached hydrogens (primary N) is 1. The number of nitrogens with zero attached hydrogens (tertiary/aromatic N) is 2. The Morgan fingerprint density at radius 3 is 2.89 bits per heavy atom. The molecule has 1 aromatic heterocycles. The van der Waals surface area contributed by atoms with Gasteiger partial charge in [0.25, 0.3) is 0 Å². The molecule has 0 aliphatic heterocycles. The van der Waals surface area contributed by atoms with Crippen molar-refractivity contribution >= 4 is 10.9 Å². The molecule has 1 aliphatic rings. The molecule has 1 aliphatic carbocycles. The van der Waals surface area contributed by atoms with Gasteiger partial charge < -0.3 is 10.6 Å². The Morgan fingerprint density at radius 1 is 1.44 bits per heavy atom. The highest BCUT2D eigenvalue weighted by atomic mass is 15.1. The summed E-state index contributed by atoms with van der Waals surface area (Å²) in [4.78, 5) is 2.26. The standard InChI is InChI=1S/C14H20N4/c1-18(2)13(14(15)5-6-14)8-10-3-4-12-11(7-10)9-16-17-12/h3-4,7,9,13H,5-6,8,15H2,1-2H3,(H,16,17). The molecule has 1 unspecified atom stereocenters. The van der Waals surface area contributed by atoms with Crippen LogP contribution in [0, 0.1) is 0 Å². The summed E-state index contributed by atoms with van der Waals surface area (Å²) in [5.74, 6) is 0. The molecule has 4 heteroatoms. The molecule has 0 spiro atoms. The van der Waals surface area contributed by atoms with Gasteiger partial charge in [0.05, 0.1) is 11.7 Å². The van der Waals surface area contributed by atoms with Crippen molar-refractivity contribution in [3.63, 3.8) is 0 Å². The lowest BCUT2D eigenvalue weighted by molar-refractivity contribution is 0.240. The van der Waals surface area contributed by atoms with E-state index in [0.29, 0.717) is 6.04 Å². The van der Waals surface area contributed by atoms with Gasteiger partial charge >= 0.3 is 0 Å². The maximum absolute atomic E-state index is 6.37. The Hall–Kier alpha value is -1.39. The maximum atomic E-state index is 6.37. The normalized spacial score (nSPS) is 19.3. The van der Waals surface area contributed by atoms with Crippen LogP contribution in [0.2, 0.25) is 0 Å². The highest BCUT2D eigenvalue weighted by Gasteiger charge is 2.46. The maximum Gasteiger partial charge on any atom is 0.0650 e. The van der Waals surface area contributed by atoms with Gasteiger partial charge in [0.2, 0.25) is 0 Å². The smallest absolute Gasteiger partial charge is 0.0650 e. The number of fused-ring (bicyclic) bond motifs is 1. The lowest BCUT2D eigenvalue weighted by Crippen LogP contribution is -2.47. The predicted octanol–water partition coefficient (Wildman–Crippen LogP) is 1.53. The van der Waals surface area contributed by atoms with Gasteiger partial charge in [0, 0.05) is 17.0 Å². The van der Waals surface area contributed by atoms with E-state index in [1.165, 1.54) is 10.9 Å². The highest BCUT2D eigenvalue weighted by molar-refractivity contribution is 5.78. The highest BCUT2D eigenvalue weighted by Crippen LogP contribution is 2.39. The van der Waals surface area contributed by atoms with Gasteiger partial charge in [-0.2, -0.15) is 5.10 Å². The third-order valence-electron chi connectivity index (χ3n) is 4.05. The zero-order valence-electron chi connectivity index (χ0n) is 11.0. The molecular formula is C14H20N4. The second kappa shape index (κ2) is 4.07. The summed E-state index contributed by atoms with van der Waals surface area (Å²) in [6, 6.07) is 6.89. The molecule has 0 bridgehead atoms. The van der Waals surface area contributed by atoms with E-state index in [2.05, 4.69) is 47.4 Å².